The molecule has 0 amide bonds. The fraction of sp³-hybridized carbons (Fsp3) is 0.222. The van der Waals surface area contributed by atoms with Gasteiger partial charge in [0.05, 0.1) is 0 Å². The summed E-state index contributed by atoms with van der Waals surface area (Å²) in [5, 5.41) is -0.409. The molecule has 2 nitrogen and oxygen atoms in total. The van der Waals surface area contributed by atoms with Gasteiger partial charge in [-0.3, -0.25) is 4.57 Å². The van der Waals surface area contributed by atoms with E-state index in [4.69, 9.17) is 12.2 Å². The SMILES string of the molecule is CC(=S)c1[c-]c(C(=O)[S-])c[n+](C)c1.[Ni+2]. The van der Waals surface area contributed by atoms with E-state index >= 15 is 0 Å². The fourth-order valence-corrected chi connectivity index (χ4v) is 1.14. The Balaban J connectivity index is 0.00000169. The minimum Gasteiger partial charge on any atom is -0.786 e. The van der Waals surface area contributed by atoms with Crippen LogP contribution in [-0.2, 0) is 36.2 Å². The third kappa shape index (κ3) is 3.41. The summed E-state index contributed by atoms with van der Waals surface area (Å²) in [6.45, 7) is 1.79. The molecule has 5 heteroatoms. The van der Waals surface area contributed by atoms with Gasteiger partial charge in [-0.1, -0.05) is 6.92 Å². The first kappa shape index (κ1) is 13.6. The maximum Gasteiger partial charge on any atom is 2.00 e. The number of hydrogen-bond donors (Lipinski definition) is 0. The van der Waals surface area contributed by atoms with Gasteiger partial charge in [-0.2, -0.15) is 0 Å². The number of pyridine rings is 1. The Kier molecular flexibility index (Phi) is 5.34. The van der Waals surface area contributed by atoms with Crippen LogP contribution in [0.2, 0.25) is 0 Å². The zero-order chi connectivity index (χ0) is 10.0. The van der Waals surface area contributed by atoms with Crippen molar-refractivity contribution in [1.82, 2.24) is 0 Å². The Morgan fingerprint density at radius 2 is 2.00 bits per heavy atom. The van der Waals surface area contributed by atoms with E-state index in [1.807, 2.05) is 13.2 Å². The molecule has 0 atom stereocenters. The fourth-order valence-electron chi connectivity index (χ4n) is 0.937. The molecule has 0 N–H and O–H groups in total. The van der Waals surface area contributed by atoms with Crippen molar-refractivity contribution in [2.45, 2.75) is 6.92 Å². The van der Waals surface area contributed by atoms with Crippen LogP contribution in [0, 0.1) is 6.07 Å². The van der Waals surface area contributed by atoms with Crippen LogP contribution in [0.4, 0.5) is 0 Å². The molecule has 0 unspecified atom stereocenters. The Morgan fingerprint density at radius 1 is 1.50 bits per heavy atom. The average molecular weight is 269 g/mol. The Labute approximate surface area is 104 Å². The van der Waals surface area contributed by atoms with Crippen molar-refractivity contribution in [1.29, 1.82) is 0 Å². The number of nitrogens with zero attached hydrogens (tertiary/aromatic N) is 1. The smallest absolute Gasteiger partial charge is 0.786 e. The van der Waals surface area contributed by atoms with Crippen LogP contribution < -0.4 is 4.57 Å². The summed E-state index contributed by atoms with van der Waals surface area (Å²) in [6, 6.07) is 2.87. The van der Waals surface area contributed by atoms with Gasteiger partial charge in [0, 0.05) is 0 Å². The molecule has 0 spiro atoms. The van der Waals surface area contributed by atoms with Crippen LogP contribution in [0.5, 0.6) is 0 Å². The standard InChI is InChI=1S/C9H9NOS2.Ni/c1-6(12)7-3-8(9(11)13)5-10(2)4-7;/h4-5H,1-2H3,(H,11,13);/q;+2/p-1. The molecule has 0 fully saturated rings. The van der Waals surface area contributed by atoms with Gasteiger partial charge in [-0.25, -0.2) is 0 Å². The van der Waals surface area contributed by atoms with Gasteiger partial charge in [0.1, 0.15) is 19.4 Å². The first-order valence-corrected chi connectivity index (χ1v) is 4.47. The van der Waals surface area contributed by atoms with Crippen LogP contribution in [0.1, 0.15) is 22.8 Å². The quantitative estimate of drug-likeness (QED) is 0.197. The summed E-state index contributed by atoms with van der Waals surface area (Å²) >= 11 is 9.50. The van der Waals surface area contributed by atoms with Crippen molar-refractivity contribution in [3.05, 3.63) is 29.6 Å². The van der Waals surface area contributed by atoms with Crippen LogP contribution in [0.25, 0.3) is 0 Å². The zero-order valence-electron chi connectivity index (χ0n) is 7.64. The predicted molar refractivity (Wildman–Crippen MR) is 55.5 cm³/mol. The molecule has 1 rings (SSSR count). The molecule has 76 valence electrons. The van der Waals surface area contributed by atoms with Crippen molar-refractivity contribution < 1.29 is 25.9 Å². The average Bonchev–Trinajstić information content (AvgIpc) is 2.03. The molecule has 1 heterocycles. The second-order valence-electron chi connectivity index (χ2n) is 2.72. The van der Waals surface area contributed by atoms with Crippen LogP contribution in [-0.4, -0.2) is 9.98 Å². The Bertz CT molecular complexity index is 347. The number of thiocarbonyl (C=S) groups is 1. The predicted octanol–water partition coefficient (Wildman–Crippen LogP) is 0.734. The van der Waals surface area contributed by atoms with E-state index in [1.54, 1.807) is 17.7 Å². The molecule has 1 aromatic rings. The molecule has 14 heavy (non-hydrogen) atoms. The summed E-state index contributed by atoms with van der Waals surface area (Å²) < 4.78 is 1.75. The normalized spacial score (nSPS) is 9.00. The van der Waals surface area contributed by atoms with E-state index in [0.29, 0.717) is 10.4 Å². The summed E-state index contributed by atoms with van der Waals surface area (Å²) in [6.07, 6.45) is 3.45. The van der Waals surface area contributed by atoms with Crippen molar-refractivity contribution in [2.24, 2.45) is 7.05 Å². The molecule has 0 radical (unpaired) electrons. The van der Waals surface area contributed by atoms with E-state index in [-0.39, 0.29) is 16.5 Å². The van der Waals surface area contributed by atoms with Crippen molar-refractivity contribution in [3.8, 4) is 0 Å². The number of rotatable bonds is 2. The van der Waals surface area contributed by atoms with Crippen LogP contribution >= 0.6 is 12.2 Å². The number of aromatic nitrogens is 1. The zero-order valence-corrected chi connectivity index (χ0v) is 10.3. The summed E-state index contributed by atoms with van der Waals surface area (Å²) in [5.74, 6) is 0. The van der Waals surface area contributed by atoms with Gasteiger partial charge in [0.2, 0.25) is 0 Å². The van der Waals surface area contributed by atoms with Crippen molar-refractivity contribution in [2.75, 3.05) is 0 Å². The monoisotopic (exact) mass is 268 g/mol. The Hall–Kier alpha value is -0.376. The largest absolute Gasteiger partial charge is 2.00 e. The molecule has 0 bridgehead atoms. The number of hydrogen-bond acceptors (Lipinski definition) is 3. The van der Waals surface area contributed by atoms with Gasteiger partial charge in [-0.15, -0.1) is 18.3 Å². The van der Waals surface area contributed by atoms with Crippen molar-refractivity contribution >= 4 is 34.8 Å². The first-order chi connectivity index (χ1) is 6.00. The van der Waals surface area contributed by atoms with Gasteiger partial charge in [-0.05, 0) is 21.1 Å². The second-order valence-corrected chi connectivity index (χ2v) is 3.70. The second kappa shape index (κ2) is 5.49. The molecular weight excluding hydrogens is 261 g/mol. The number of carbonyl (C=O) groups is 1. The molecule has 0 saturated heterocycles. The topological polar surface area (TPSA) is 20.9 Å². The third-order valence-corrected chi connectivity index (χ3v) is 1.97. The van der Waals surface area contributed by atoms with Gasteiger partial charge in [0.25, 0.3) is 0 Å². The number of aryl methyl sites for hydroxylation is 1. The van der Waals surface area contributed by atoms with E-state index in [1.165, 1.54) is 0 Å². The summed E-state index contributed by atoms with van der Waals surface area (Å²) in [7, 11) is 1.82. The minimum atomic E-state index is -0.409. The van der Waals surface area contributed by atoms with Gasteiger partial charge >= 0.3 is 16.5 Å². The van der Waals surface area contributed by atoms with E-state index in [2.05, 4.69) is 18.7 Å². The third-order valence-electron chi connectivity index (χ3n) is 1.53. The summed E-state index contributed by atoms with van der Waals surface area (Å²) in [5.41, 5.74) is 1.13. The van der Waals surface area contributed by atoms with Crippen molar-refractivity contribution in [3.63, 3.8) is 0 Å². The van der Waals surface area contributed by atoms with E-state index in [9.17, 15) is 4.79 Å². The molecule has 0 saturated carbocycles. The summed E-state index contributed by atoms with van der Waals surface area (Å²) in [4.78, 5) is 11.6. The first-order valence-electron chi connectivity index (χ1n) is 3.65. The van der Waals surface area contributed by atoms with E-state index < -0.39 is 5.12 Å². The maximum atomic E-state index is 10.9. The Morgan fingerprint density at radius 3 is 2.43 bits per heavy atom. The minimum absolute atomic E-state index is 0. The molecule has 0 aliphatic heterocycles. The van der Waals surface area contributed by atoms with Gasteiger partial charge < -0.3 is 17.4 Å². The molecule has 1 aromatic heterocycles. The molecular formula is C9H8NNiOS2+. The van der Waals surface area contributed by atoms with Crippen LogP contribution in [0.3, 0.4) is 0 Å². The van der Waals surface area contributed by atoms with E-state index in [0.717, 1.165) is 5.56 Å². The number of carbonyl (C=O) groups excluding carboxylic acids is 1. The van der Waals surface area contributed by atoms with Crippen LogP contribution in [0.15, 0.2) is 12.4 Å². The molecule has 0 aromatic carbocycles. The maximum absolute atomic E-state index is 10.9. The molecule has 0 aliphatic carbocycles. The van der Waals surface area contributed by atoms with Gasteiger partial charge in [0.15, 0.2) is 0 Å². The molecule has 0 aliphatic rings.